The molecule has 0 aromatic rings. The third kappa shape index (κ3) is 68.3. The molecule has 85 heavy (non-hydrogen) atoms. The molecule has 2 unspecified atom stereocenters. The van der Waals surface area contributed by atoms with Crippen LogP contribution in [0.15, 0.2) is 60.8 Å². The zero-order chi connectivity index (χ0) is 61.9. The monoisotopic (exact) mass is 1200 g/mol. The highest BCUT2D eigenvalue weighted by Crippen LogP contribution is 2.18. The summed E-state index contributed by atoms with van der Waals surface area (Å²) in [5.74, 6) is -2.01. The minimum Gasteiger partial charge on any atom is -0.477 e. The third-order valence-electron chi connectivity index (χ3n) is 16.2. The molecular formula is C76H140NO8+. The molecule has 9 nitrogen and oxygen atoms in total. The summed E-state index contributed by atoms with van der Waals surface area (Å²) in [5.41, 5.74) is 0. The van der Waals surface area contributed by atoms with Gasteiger partial charge in [0.2, 0.25) is 0 Å². The van der Waals surface area contributed by atoms with Crippen molar-refractivity contribution in [3.8, 4) is 0 Å². The predicted molar refractivity (Wildman–Crippen MR) is 364 cm³/mol. The summed E-state index contributed by atoms with van der Waals surface area (Å²) in [4.78, 5) is 37.6. The van der Waals surface area contributed by atoms with Crippen LogP contribution in [0.4, 0.5) is 0 Å². The summed E-state index contributed by atoms with van der Waals surface area (Å²) >= 11 is 0. The zero-order valence-electron chi connectivity index (χ0n) is 56.8. The highest BCUT2D eigenvalue weighted by molar-refractivity contribution is 5.71. The number of aliphatic carboxylic acids is 1. The number of unbranched alkanes of at least 4 members (excludes halogenated alkanes) is 43. The van der Waals surface area contributed by atoms with E-state index in [4.69, 9.17) is 18.9 Å². The van der Waals surface area contributed by atoms with Crippen LogP contribution < -0.4 is 0 Å². The molecule has 0 fully saturated rings. The van der Waals surface area contributed by atoms with Gasteiger partial charge < -0.3 is 28.5 Å². The summed E-state index contributed by atoms with van der Waals surface area (Å²) in [6.07, 6.45) is 85.1. The summed E-state index contributed by atoms with van der Waals surface area (Å²) in [7, 11) is 5.98. The Kier molecular flexibility index (Phi) is 64.6. The average Bonchev–Trinajstić information content (AvgIpc) is 3.48. The second kappa shape index (κ2) is 66.9. The number of hydrogen-bond acceptors (Lipinski definition) is 7. The number of carbonyl (C=O) groups is 3. The molecule has 0 rings (SSSR count). The highest BCUT2D eigenvalue weighted by Gasteiger charge is 2.25. The van der Waals surface area contributed by atoms with Crippen molar-refractivity contribution in [3.05, 3.63) is 60.8 Å². The molecule has 0 amide bonds. The summed E-state index contributed by atoms with van der Waals surface area (Å²) in [5, 5.41) is 9.73. The van der Waals surface area contributed by atoms with Crippen molar-refractivity contribution in [2.45, 2.75) is 360 Å². The predicted octanol–water partition coefficient (Wildman–Crippen LogP) is 22.7. The Balaban J connectivity index is 3.93. The lowest BCUT2D eigenvalue weighted by atomic mass is 10.0. The summed E-state index contributed by atoms with van der Waals surface area (Å²) < 4.78 is 23.0. The van der Waals surface area contributed by atoms with Gasteiger partial charge in [-0.15, -0.1) is 0 Å². The van der Waals surface area contributed by atoms with Crippen LogP contribution in [0.2, 0.25) is 0 Å². The number of esters is 2. The number of carboxylic acids is 1. The number of hydrogen-bond donors (Lipinski definition) is 1. The van der Waals surface area contributed by atoms with E-state index < -0.39 is 24.3 Å². The van der Waals surface area contributed by atoms with Crippen molar-refractivity contribution >= 4 is 17.9 Å². The van der Waals surface area contributed by atoms with E-state index in [1.165, 1.54) is 250 Å². The van der Waals surface area contributed by atoms with Gasteiger partial charge in [-0.05, 0) is 83.5 Å². The van der Waals surface area contributed by atoms with Gasteiger partial charge in [0, 0.05) is 12.8 Å². The second-order valence-corrected chi connectivity index (χ2v) is 25.9. The van der Waals surface area contributed by atoms with E-state index in [0.717, 1.165) is 64.2 Å². The molecule has 9 heteroatoms. The van der Waals surface area contributed by atoms with Gasteiger partial charge in [-0.2, -0.15) is 0 Å². The Morgan fingerprint density at radius 2 is 0.635 bits per heavy atom. The Morgan fingerprint density at radius 1 is 0.353 bits per heavy atom. The number of ether oxygens (including phenoxy) is 4. The number of carbonyl (C=O) groups excluding carboxylic acids is 2. The molecule has 0 saturated heterocycles. The maximum atomic E-state index is 12.9. The fraction of sp³-hybridized carbons (Fsp3) is 0.829. The first kappa shape index (κ1) is 82.0. The van der Waals surface area contributed by atoms with E-state index in [1.807, 2.05) is 21.1 Å². The quantitative estimate of drug-likeness (QED) is 0.0211. The molecule has 0 aliphatic heterocycles. The van der Waals surface area contributed by atoms with Crippen molar-refractivity contribution in [1.29, 1.82) is 0 Å². The largest absolute Gasteiger partial charge is 0.477 e. The molecule has 0 saturated carbocycles. The SMILES string of the molecule is CCCCC/C=C\C/C=C\C/C=C\CCCCCCCCC(=O)OC(COC(=O)CCCCCCCCCCCCCCCCCCCCCCCCCCCCCCC/C=C\C/C=C\CCCCCCC)COC(OCC[N+](C)(C)C)C(=O)O. The van der Waals surface area contributed by atoms with Crippen LogP contribution in [0.3, 0.4) is 0 Å². The van der Waals surface area contributed by atoms with Crippen molar-refractivity contribution in [2.75, 3.05) is 47.5 Å². The molecular weight excluding hydrogens is 1050 g/mol. The van der Waals surface area contributed by atoms with E-state index in [1.54, 1.807) is 0 Å². The Morgan fingerprint density at radius 3 is 0.965 bits per heavy atom. The van der Waals surface area contributed by atoms with Gasteiger partial charge in [-0.3, -0.25) is 9.59 Å². The molecule has 0 aromatic heterocycles. The number of carboxylic acid groups (broad SMARTS) is 1. The van der Waals surface area contributed by atoms with Gasteiger partial charge in [0.05, 0.1) is 34.4 Å². The zero-order valence-corrected chi connectivity index (χ0v) is 56.8. The van der Waals surface area contributed by atoms with Gasteiger partial charge in [0.1, 0.15) is 13.2 Å². The standard InChI is InChI=1S/C76H139NO8/c1-6-8-10-12-14-16-18-20-22-24-26-27-28-29-30-31-32-33-34-35-36-37-38-39-40-41-42-43-44-45-46-47-49-50-52-54-56-58-60-62-64-66-73(78)83-70-72(71-84-76(75(80)81)82-69-68-77(3,4)5)85-74(79)67-65-63-61-59-57-55-53-51-48-25-23-21-19-17-15-13-11-9-7-2/h15,17-18,20-21,23-24,26,48,51,72,76H,6-14,16,19,22,25,27-47,49-50,52-71H2,1-5H3/p+1/b17-15-,20-18-,23-21-,26-24-,51-48-. The highest BCUT2D eigenvalue weighted by atomic mass is 16.7. The number of likely N-dealkylation sites (N-methyl/N-ethyl adjacent to an activating group) is 1. The molecule has 0 bridgehead atoms. The van der Waals surface area contributed by atoms with Crippen LogP contribution in [0.25, 0.3) is 0 Å². The van der Waals surface area contributed by atoms with Crippen molar-refractivity contribution in [1.82, 2.24) is 0 Å². The Labute approximate surface area is 526 Å². The van der Waals surface area contributed by atoms with E-state index in [0.29, 0.717) is 23.9 Å². The van der Waals surface area contributed by atoms with E-state index in [9.17, 15) is 19.5 Å². The molecule has 0 aliphatic rings. The third-order valence-corrected chi connectivity index (χ3v) is 16.2. The van der Waals surface area contributed by atoms with Crippen LogP contribution in [-0.4, -0.2) is 87.4 Å². The summed E-state index contributed by atoms with van der Waals surface area (Å²) in [6.45, 7) is 4.86. The molecule has 0 spiro atoms. The molecule has 2 atom stereocenters. The van der Waals surface area contributed by atoms with Gasteiger partial charge >= 0.3 is 17.9 Å². The Hall–Kier alpha value is -3.01. The molecule has 0 aliphatic carbocycles. The first-order valence-corrected chi connectivity index (χ1v) is 36.5. The molecule has 0 aromatic carbocycles. The van der Waals surface area contributed by atoms with Gasteiger partial charge in [0.25, 0.3) is 6.29 Å². The van der Waals surface area contributed by atoms with Crippen LogP contribution in [-0.2, 0) is 33.3 Å². The molecule has 0 heterocycles. The normalized spacial score (nSPS) is 13.0. The summed E-state index contributed by atoms with van der Waals surface area (Å²) in [6, 6.07) is 0. The van der Waals surface area contributed by atoms with Crippen LogP contribution in [0.1, 0.15) is 348 Å². The fourth-order valence-electron chi connectivity index (χ4n) is 10.6. The lowest BCUT2D eigenvalue weighted by Crippen LogP contribution is -2.40. The van der Waals surface area contributed by atoms with E-state index >= 15 is 0 Å². The minimum atomic E-state index is -1.51. The van der Waals surface area contributed by atoms with Crippen LogP contribution >= 0.6 is 0 Å². The number of nitrogens with zero attached hydrogens (tertiary/aromatic N) is 1. The minimum absolute atomic E-state index is 0.185. The first-order chi connectivity index (χ1) is 41.6. The van der Waals surface area contributed by atoms with Crippen LogP contribution in [0.5, 0.6) is 0 Å². The van der Waals surface area contributed by atoms with Crippen molar-refractivity contribution in [3.63, 3.8) is 0 Å². The second-order valence-electron chi connectivity index (χ2n) is 25.9. The van der Waals surface area contributed by atoms with Crippen LogP contribution in [0, 0.1) is 0 Å². The fourth-order valence-corrected chi connectivity index (χ4v) is 10.6. The topological polar surface area (TPSA) is 108 Å². The molecule has 1 N–H and O–H groups in total. The van der Waals surface area contributed by atoms with E-state index in [2.05, 4.69) is 74.6 Å². The number of rotatable bonds is 68. The van der Waals surface area contributed by atoms with Gasteiger partial charge in [-0.1, -0.05) is 312 Å². The number of allylic oxidation sites excluding steroid dienone is 10. The lowest BCUT2D eigenvalue weighted by Gasteiger charge is -2.25. The average molecular weight is 1200 g/mol. The van der Waals surface area contributed by atoms with Gasteiger partial charge in [-0.25, -0.2) is 4.79 Å². The van der Waals surface area contributed by atoms with Gasteiger partial charge in [0.15, 0.2) is 6.10 Å². The lowest BCUT2D eigenvalue weighted by molar-refractivity contribution is -0.870. The molecule has 0 radical (unpaired) electrons. The number of quaternary nitrogens is 1. The maximum absolute atomic E-state index is 12.9. The smallest absolute Gasteiger partial charge is 0.361 e. The first-order valence-electron chi connectivity index (χ1n) is 36.5. The van der Waals surface area contributed by atoms with Crippen molar-refractivity contribution in [2.24, 2.45) is 0 Å². The maximum Gasteiger partial charge on any atom is 0.361 e. The van der Waals surface area contributed by atoms with E-state index in [-0.39, 0.29) is 32.2 Å². The Bertz CT molecular complexity index is 1580. The molecule has 496 valence electrons. The van der Waals surface area contributed by atoms with Crippen molar-refractivity contribution < 1.29 is 42.9 Å².